The molecule has 1 aliphatic rings. The van der Waals surface area contributed by atoms with Crippen molar-refractivity contribution in [1.82, 2.24) is 0 Å². The molecule has 0 aromatic heterocycles. The summed E-state index contributed by atoms with van der Waals surface area (Å²) >= 11 is 0. The lowest BCUT2D eigenvalue weighted by atomic mass is 10.2. The molecule has 0 N–H and O–H groups in total. The Hall–Kier alpha value is 0.548. The van der Waals surface area contributed by atoms with E-state index in [4.69, 9.17) is 35.4 Å². The van der Waals surface area contributed by atoms with Crippen molar-refractivity contribution >= 4 is 34.2 Å². The highest BCUT2D eigenvalue weighted by molar-refractivity contribution is 6.98. The van der Waals surface area contributed by atoms with Gasteiger partial charge in [-0.05, 0) is 51.4 Å². The maximum Gasteiger partial charge on any atom is 0.355 e. The molecule has 0 spiro atoms. The molecule has 0 radical (unpaired) electrons. The first kappa shape index (κ1) is 50.6. The van der Waals surface area contributed by atoms with Crippen LogP contribution in [0.2, 0.25) is 20.2 Å². The Morgan fingerprint density at radius 1 is 0.308 bits per heavy atom. The monoisotopic (exact) mass is 809 g/mol. The van der Waals surface area contributed by atoms with Gasteiger partial charge in [0.1, 0.15) is 0 Å². The van der Waals surface area contributed by atoms with Crippen LogP contribution in [0.1, 0.15) is 166 Å². The lowest BCUT2D eigenvalue weighted by Crippen LogP contribution is -2.84. The molecule has 1 aliphatic heterocycles. The predicted molar refractivity (Wildman–Crippen MR) is 227 cm³/mol. The second kappa shape index (κ2) is 18.4. The number of rotatable bonds is 16. The van der Waals surface area contributed by atoms with Gasteiger partial charge in [-0.2, -0.15) is 0 Å². The Bertz CT molecular complexity index is 895. The third-order valence-electron chi connectivity index (χ3n) is 10.3. The fraction of sp³-hybridized carbons (Fsp3) is 1.00. The van der Waals surface area contributed by atoms with E-state index >= 15 is 0 Å². The molecule has 0 bridgehead atoms. The molecule has 0 saturated carbocycles. The molecule has 0 aromatic rings. The van der Waals surface area contributed by atoms with Crippen LogP contribution < -0.4 is 0 Å². The molecule has 52 heavy (non-hydrogen) atoms. The topological polar surface area (TPSA) is 73.8 Å². The molecular weight excluding hydrogens is 721 g/mol. The van der Waals surface area contributed by atoms with Gasteiger partial charge >= 0.3 is 34.2 Å². The minimum Gasteiger partial charge on any atom is -0.412 e. The highest BCUT2D eigenvalue weighted by Crippen LogP contribution is 2.59. The van der Waals surface area contributed by atoms with E-state index in [1.807, 2.05) is 0 Å². The highest BCUT2D eigenvalue weighted by atomic mass is 28.5. The lowest BCUT2D eigenvalue weighted by Gasteiger charge is -2.65. The molecule has 1 rings (SSSR count). The Morgan fingerprint density at radius 3 is 0.538 bits per heavy atom. The molecule has 4 atom stereocenters. The third-order valence-corrected chi connectivity index (χ3v) is 33.3. The molecule has 1 saturated heterocycles. The molecule has 0 amide bonds. The third kappa shape index (κ3) is 11.4. The first-order valence-electron chi connectivity index (χ1n) is 20.4. The molecular formula is C40H88O8Si4. The van der Waals surface area contributed by atoms with Gasteiger partial charge in [-0.3, -0.25) is 0 Å². The van der Waals surface area contributed by atoms with E-state index in [0.29, 0.717) is 50.1 Å². The summed E-state index contributed by atoms with van der Waals surface area (Å²) in [6.45, 7) is 55.8. The average Bonchev–Trinajstić information content (AvgIpc) is 2.93. The summed E-state index contributed by atoms with van der Waals surface area (Å²) in [5, 5.41) is -1.83. The first-order chi connectivity index (χ1) is 23.2. The molecule has 8 nitrogen and oxygen atoms in total. The van der Waals surface area contributed by atoms with E-state index in [9.17, 15) is 0 Å². The lowest BCUT2D eigenvalue weighted by molar-refractivity contribution is 0.000664. The zero-order valence-electron chi connectivity index (χ0n) is 38.7. The fourth-order valence-electron chi connectivity index (χ4n) is 7.10. The Labute approximate surface area is 327 Å². The van der Waals surface area contributed by atoms with Gasteiger partial charge in [-0.25, -0.2) is 0 Å². The molecule has 0 aliphatic carbocycles. The maximum absolute atomic E-state index is 8.30. The van der Waals surface area contributed by atoms with Gasteiger partial charge in [-0.15, -0.1) is 0 Å². The van der Waals surface area contributed by atoms with Crippen molar-refractivity contribution < 1.29 is 35.4 Å². The summed E-state index contributed by atoms with van der Waals surface area (Å²) in [5.41, 5.74) is -1.39. The summed E-state index contributed by atoms with van der Waals surface area (Å²) < 4.78 is 60.9. The molecule has 4 unspecified atom stereocenters. The van der Waals surface area contributed by atoms with E-state index in [1.54, 1.807) is 0 Å². The molecule has 1 heterocycles. The molecule has 0 aromatic carbocycles. The van der Waals surface area contributed by atoms with Crippen molar-refractivity contribution in [3.05, 3.63) is 0 Å². The van der Waals surface area contributed by atoms with Crippen molar-refractivity contribution in [2.75, 3.05) is 26.4 Å². The molecule has 12 heteroatoms. The van der Waals surface area contributed by atoms with E-state index in [0.717, 1.165) is 0 Å². The van der Waals surface area contributed by atoms with Crippen LogP contribution in [0.5, 0.6) is 0 Å². The minimum atomic E-state index is -3.59. The zero-order chi connectivity index (χ0) is 41.1. The predicted octanol–water partition coefficient (Wildman–Crippen LogP) is 11.4. The van der Waals surface area contributed by atoms with Crippen molar-refractivity contribution in [2.24, 2.45) is 23.7 Å². The van der Waals surface area contributed by atoms with Gasteiger partial charge in [-0.1, -0.05) is 138 Å². The Morgan fingerprint density at radius 2 is 0.442 bits per heavy atom. The van der Waals surface area contributed by atoms with E-state index < -0.39 is 54.4 Å². The number of hydrogen-bond donors (Lipinski definition) is 0. The van der Waals surface area contributed by atoms with Crippen LogP contribution in [0.25, 0.3) is 0 Å². The first-order valence-corrected chi connectivity index (χ1v) is 28.0. The SMILES string of the molecule is CC(C)COC(C)[Si]1(C(C)(C)C)O[Si](C(C)OCC(C)C)(C(C)(C)C)O[Si](C(C)OCC(C)C)(C(C)(C)C)O[Si](C(C)OCC(C)C)(C(C)(C)C)O1. The highest BCUT2D eigenvalue weighted by Gasteiger charge is 2.77. The summed E-state index contributed by atoms with van der Waals surface area (Å²) in [4.78, 5) is 0. The van der Waals surface area contributed by atoms with Crippen LogP contribution in [-0.2, 0) is 35.4 Å². The van der Waals surface area contributed by atoms with Gasteiger partial charge in [0.25, 0.3) is 0 Å². The Balaban J connectivity index is 4.75. The van der Waals surface area contributed by atoms with Crippen molar-refractivity contribution in [3.63, 3.8) is 0 Å². The van der Waals surface area contributed by atoms with Gasteiger partial charge in [0.15, 0.2) is 0 Å². The van der Waals surface area contributed by atoms with Crippen molar-refractivity contribution in [1.29, 1.82) is 0 Å². The second-order valence-electron chi connectivity index (χ2n) is 21.6. The van der Waals surface area contributed by atoms with Crippen LogP contribution in [-0.4, -0.2) is 83.6 Å². The Kier molecular flexibility index (Phi) is 17.9. The van der Waals surface area contributed by atoms with E-state index in [1.165, 1.54) is 0 Å². The van der Waals surface area contributed by atoms with E-state index in [-0.39, 0.29) is 22.9 Å². The largest absolute Gasteiger partial charge is 0.412 e. The van der Waals surface area contributed by atoms with Gasteiger partial charge in [0.2, 0.25) is 0 Å². The average molecular weight is 809 g/mol. The molecule has 312 valence electrons. The van der Waals surface area contributed by atoms with Crippen molar-refractivity contribution in [2.45, 2.75) is 209 Å². The fourth-order valence-corrected chi connectivity index (χ4v) is 37.7. The molecule has 1 fully saturated rings. The standard InChI is InChI=1S/C40H88O8Si4/c1-29(2)25-41-33(9)49(37(13,14)15)45-50(38(16,17)18,34(10)42-26-30(3)4)47-52(40(22,23)24,36(12)44-28-32(7)8)48-51(46-49,39(19,20)21)35(11)43-27-31(5)6/h29-36H,25-28H2,1-24H3. The summed E-state index contributed by atoms with van der Waals surface area (Å²) in [5.74, 6) is 1.35. The van der Waals surface area contributed by atoms with Gasteiger partial charge in [0, 0.05) is 46.6 Å². The second-order valence-corrected chi connectivity index (χ2v) is 39.4. The van der Waals surface area contributed by atoms with Gasteiger partial charge < -0.3 is 35.4 Å². The normalized spacial score (nSPS) is 29.8. The van der Waals surface area contributed by atoms with Crippen LogP contribution >= 0.6 is 0 Å². The van der Waals surface area contributed by atoms with Crippen LogP contribution in [0.4, 0.5) is 0 Å². The van der Waals surface area contributed by atoms with Crippen LogP contribution in [0.15, 0.2) is 0 Å². The smallest absolute Gasteiger partial charge is 0.355 e. The number of ether oxygens (including phenoxy) is 4. The summed E-state index contributed by atoms with van der Waals surface area (Å²) in [6.07, 6.45) is 0. The minimum absolute atomic E-state index is 0.338. The maximum atomic E-state index is 8.30. The van der Waals surface area contributed by atoms with Crippen LogP contribution in [0, 0.1) is 23.7 Å². The summed E-state index contributed by atoms with van der Waals surface area (Å²) in [6, 6.07) is 0. The van der Waals surface area contributed by atoms with Crippen molar-refractivity contribution in [3.8, 4) is 0 Å². The quantitative estimate of drug-likeness (QED) is 0.143. The van der Waals surface area contributed by atoms with Crippen LogP contribution in [0.3, 0.4) is 0 Å². The number of hydrogen-bond acceptors (Lipinski definition) is 8. The zero-order valence-corrected chi connectivity index (χ0v) is 42.7. The van der Waals surface area contributed by atoms with Gasteiger partial charge in [0.05, 0.1) is 22.9 Å². The summed E-state index contributed by atoms with van der Waals surface area (Å²) in [7, 11) is -14.3. The van der Waals surface area contributed by atoms with E-state index in [2.05, 4.69) is 166 Å².